The van der Waals surface area contributed by atoms with Gasteiger partial charge in [0.2, 0.25) is 11.8 Å². The maximum absolute atomic E-state index is 14.4. The van der Waals surface area contributed by atoms with E-state index in [1.807, 2.05) is 0 Å². The Balaban J connectivity index is 1.40. The predicted molar refractivity (Wildman–Crippen MR) is 109 cm³/mol. The van der Waals surface area contributed by atoms with Crippen molar-refractivity contribution in [2.24, 2.45) is 5.41 Å². The number of nitrogens with zero attached hydrogens (tertiary/aromatic N) is 5. The highest BCUT2D eigenvalue weighted by Gasteiger charge is 2.86. The fourth-order valence-electron chi connectivity index (χ4n) is 5.38. The van der Waals surface area contributed by atoms with Gasteiger partial charge >= 0.3 is 6.18 Å². The molecule has 3 fully saturated rings. The highest BCUT2D eigenvalue weighted by Crippen LogP contribution is 2.75. The molecule has 2 aliphatic heterocycles. The molecule has 0 spiro atoms. The lowest BCUT2D eigenvalue weighted by Gasteiger charge is -2.25. The van der Waals surface area contributed by atoms with Crippen LogP contribution < -0.4 is 10.2 Å². The van der Waals surface area contributed by atoms with Crippen LogP contribution in [-0.2, 0) is 10.2 Å². The van der Waals surface area contributed by atoms with E-state index in [2.05, 4.69) is 26.6 Å². The fourth-order valence-corrected chi connectivity index (χ4v) is 5.38. The number of nitriles is 1. The Labute approximate surface area is 186 Å². The van der Waals surface area contributed by atoms with Crippen LogP contribution in [0, 0.1) is 16.7 Å². The number of nitrogens with one attached hydrogen (secondary N) is 1. The zero-order valence-corrected chi connectivity index (χ0v) is 17.4. The average molecular weight is 456 g/mol. The first-order valence-corrected chi connectivity index (χ1v) is 10.6. The van der Waals surface area contributed by atoms with Crippen LogP contribution in [0.1, 0.15) is 29.9 Å². The van der Waals surface area contributed by atoms with E-state index in [1.165, 1.54) is 0 Å². The second kappa shape index (κ2) is 6.88. The molecule has 4 heterocycles. The van der Waals surface area contributed by atoms with Crippen molar-refractivity contribution in [2.75, 3.05) is 37.7 Å². The third-order valence-corrected chi connectivity index (χ3v) is 7.12. The van der Waals surface area contributed by atoms with Gasteiger partial charge in [0.25, 0.3) is 0 Å². The summed E-state index contributed by atoms with van der Waals surface area (Å²) in [5, 5.41) is 21.3. The molecular weight excluding hydrogens is 437 g/mol. The third kappa shape index (κ3) is 2.80. The second-order valence-corrected chi connectivity index (χ2v) is 8.85. The first kappa shape index (κ1) is 20.4. The maximum Gasteiger partial charge on any atom is 0.397 e. The lowest BCUT2D eigenvalue weighted by molar-refractivity contribution is -0.187. The van der Waals surface area contributed by atoms with Gasteiger partial charge < -0.3 is 19.4 Å². The van der Waals surface area contributed by atoms with Crippen molar-refractivity contribution in [1.29, 1.82) is 5.26 Å². The summed E-state index contributed by atoms with van der Waals surface area (Å²) in [6.07, 6.45) is -3.45. The van der Waals surface area contributed by atoms with Crippen molar-refractivity contribution in [3.05, 3.63) is 47.8 Å². The Hall–Kier alpha value is -3.23. The van der Waals surface area contributed by atoms with E-state index < -0.39 is 23.1 Å². The Bertz CT molecular complexity index is 1280. The summed E-state index contributed by atoms with van der Waals surface area (Å²) in [6.45, 7) is 1.48. The molecule has 170 valence electrons. The van der Waals surface area contributed by atoms with Crippen molar-refractivity contribution in [3.63, 3.8) is 0 Å². The number of alkyl halides is 3. The quantitative estimate of drug-likeness (QED) is 0.642. The van der Waals surface area contributed by atoms with Crippen LogP contribution >= 0.6 is 0 Å². The molecule has 0 bridgehead atoms. The number of hydrogen-bond acceptors (Lipinski definition) is 8. The Kier molecular flexibility index (Phi) is 4.25. The molecule has 1 aromatic carbocycles. The fraction of sp³-hybridized carbons (Fsp3) is 0.455. The summed E-state index contributed by atoms with van der Waals surface area (Å²) in [5.41, 5.74) is -1.84. The number of hydrogen-bond donors (Lipinski definition) is 1. The highest BCUT2D eigenvalue weighted by molar-refractivity contribution is 5.95. The summed E-state index contributed by atoms with van der Waals surface area (Å²) < 4.78 is 54.6. The number of morpholine rings is 1. The van der Waals surface area contributed by atoms with Gasteiger partial charge in [-0.3, -0.25) is 4.98 Å². The number of ether oxygens (including phenoxy) is 1. The van der Waals surface area contributed by atoms with Gasteiger partial charge in [0, 0.05) is 43.4 Å². The Morgan fingerprint density at radius 1 is 1.21 bits per heavy atom. The average Bonchev–Trinajstić information content (AvgIpc) is 3.15. The molecule has 3 aliphatic rings. The van der Waals surface area contributed by atoms with Gasteiger partial charge in [-0.05, 0) is 30.7 Å². The second-order valence-electron chi connectivity index (χ2n) is 8.85. The van der Waals surface area contributed by atoms with Crippen LogP contribution in [0.4, 0.5) is 18.9 Å². The summed E-state index contributed by atoms with van der Waals surface area (Å²) in [5.74, 6) is 0.198. The van der Waals surface area contributed by atoms with E-state index in [-0.39, 0.29) is 31.3 Å². The molecule has 1 aliphatic carbocycles. The van der Waals surface area contributed by atoms with E-state index >= 15 is 0 Å². The zero-order chi connectivity index (χ0) is 22.8. The molecule has 2 aromatic heterocycles. The minimum Gasteiger partial charge on any atom is -0.422 e. The monoisotopic (exact) mass is 456 g/mol. The van der Waals surface area contributed by atoms with Crippen molar-refractivity contribution in [1.82, 2.24) is 20.5 Å². The number of anilines is 1. The standard InChI is InChI=1S/C22H19F3N6O2/c23-22(24,25)21-10-20(21,19-30-29-18(33-19)16-9-27-6-7-32-16)11-31(12-21)15-4-3-13(8-26)17-14(15)2-1-5-28-17/h1-5,16,27H,6-7,9-12H2/t16-,20+,21+/m1/s1. The number of fused-ring (bicyclic) bond motifs is 2. The first-order chi connectivity index (χ1) is 15.9. The number of benzene rings is 1. The molecular formula is C22H19F3N6O2. The number of pyridine rings is 1. The molecule has 1 saturated carbocycles. The third-order valence-electron chi connectivity index (χ3n) is 7.12. The van der Waals surface area contributed by atoms with Crippen LogP contribution in [0.3, 0.4) is 0 Å². The van der Waals surface area contributed by atoms with Gasteiger partial charge in [0.05, 0.1) is 23.1 Å². The lowest BCUT2D eigenvalue weighted by Crippen LogP contribution is -2.34. The summed E-state index contributed by atoms with van der Waals surface area (Å²) >= 11 is 0. The van der Waals surface area contributed by atoms with Gasteiger partial charge in [0.1, 0.15) is 17.6 Å². The Morgan fingerprint density at radius 3 is 2.85 bits per heavy atom. The summed E-state index contributed by atoms with van der Waals surface area (Å²) in [6, 6.07) is 8.86. The van der Waals surface area contributed by atoms with Crippen LogP contribution in [-0.4, -0.2) is 54.1 Å². The summed E-state index contributed by atoms with van der Waals surface area (Å²) in [4.78, 5) is 5.98. The van der Waals surface area contributed by atoms with Gasteiger partial charge in [-0.2, -0.15) is 18.4 Å². The largest absolute Gasteiger partial charge is 0.422 e. The van der Waals surface area contributed by atoms with E-state index in [0.29, 0.717) is 41.9 Å². The van der Waals surface area contributed by atoms with Crippen molar-refractivity contribution < 1.29 is 22.3 Å². The SMILES string of the molecule is N#Cc1ccc(N2C[C@]3(c4nnc([C@H]5CNCCO5)o4)C[C@]3(C(F)(F)F)C2)c2cccnc12. The number of halogens is 3. The molecule has 8 nitrogen and oxygen atoms in total. The molecule has 33 heavy (non-hydrogen) atoms. The molecule has 11 heteroatoms. The van der Waals surface area contributed by atoms with Crippen LogP contribution in [0.25, 0.3) is 10.9 Å². The minimum absolute atomic E-state index is 0.00238. The van der Waals surface area contributed by atoms with E-state index in [0.717, 1.165) is 0 Å². The number of rotatable bonds is 3. The molecule has 3 atom stereocenters. The van der Waals surface area contributed by atoms with Crippen molar-refractivity contribution in [3.8, 4) is 6.07 Å². The topological polar surface area (TPSA) is 100 Å². The minimum atomic E-state index is -4.44. The molecule has 0 radical (unpaired) electrons. The van der Waals surface area contributed by atoms with Crippen molar-refractivity contribution in [2.45, 2.75) is 24.1 Å². The van der Waals surface area contributed by atoms with Gasteiger partial charge in [0.15, 0.2) is 0 Å². The molecule has 0 amide bonds. The Morgan fingerprint density at radius 2 is 2.09 bits per heavy atom. The van der Waals surface area contributed by atoms with Crippen molar-refractivity contribution >= 4 is 16.6 Å². The molecule has 2 saturated heterocycles. The lowest BCUT2D eigenvalue weighted by atomic mass is 9.95. The van der Waals surface area contributed by atoms with Crippen LogP contribution in [0.2, 0.25) is 0 Å². The number of aromatic nitrogens is 3. The number of piperidine rings is 1. The van der Waals surface area contributed by atoms with Gasteiger partial charge in [-0.25, -0.2) is 0 Å². The molecule has 6 rings (SSSR count). The van der Waals surface area contributed by atoms with Crippen LogP contribution in [0.5, 0.6) is 0 Å². The van der Waals surface area contributed by atoms with E-state index in [9.17, 15) is 18.4 Å². The van der Waals surface area contributed by atoms with Crippen LogP contribution in [0.15, 0.2) is 34.9 Å². The normalized spacial score (nSPS) is 29.2. The predicted octanol–water partition coefficient (Wildman–Crippen LogP) is 2.86. The highest BCUT2D eigenvalue weighted by atomic mass is 19.4. The van der Waals surface area contributed by atoms with E-state index in [1.54, 1.807) is 35.4 Å². The molecule has 0 unspecified atom stereocenters. The van der Waals surface area contributed by atoms with Gasteiger partial charge in [-0.15, -0.1) is 10.2 Å². The first-order valence-electron chi connectivity index (χ1n) is 10.6. The summed E-state index contributed by atoms with van der Waals surface area (Å²) in [7, 11) is 0. The molecule has 3 aromatic rings. The van der Waals surface area contributed by atoms with E-state index in [4.69, 9.17) is 9.15 Å². The van der Waals surface area contributed by atoms with Gasteiger partial charge in [-0.1, -0.05) is 0 Å². The maximum atomic E-state index is 14.4. The zero-order valence-electron chi connectivity index (χ0n) is 17.4. The molecule has 1 N–H and O–H groups in total. The smallest absolute Gasteiger partial charge is 0.397 e.